The maximum absolute atomic E-state index is 11.8. The molecule has 2 aromatic rings. The summed E-state index contributed by atoms with van der Waals surface area (Å²) in [5.41, 5.74) is 0.670. The molecule has 1 N–H and O–H groups in total. The first-order valence-corrected chi connectivity index (χ1v) is 6.74. The second-order valence-electron chi connectivity index (χ2n) is 3.95. The Hall–Kier alpha value is -2.27. The second kappa shape index (κ2) is 6.25. The molecule has 0 atom stereocenters. The monoisotopic (exact) mass is 290 g/mol. The van der Waals surface area contributed by atoms with E-state index in [0.717, 1.165) is 4.88 Å². The highest BCUT2D eigenvalue weighted by Crippen LogP contribution is 2.30. The zero-order chi connectivity index (χ0) is 14.5. The van der Waals surface area contributed by atoms with E-state index in [-0.39, 0.29) is 11.3 Å². The molecule has 0 spiro atoms. The molecule has 0 radical (unpaired) electrons. The molecule has 1 heterocycles. The van der Waals surface area contributed by atoms with E-state index in [2.05, 4.69) is 0 Å². The molecule has 0 bridgehead atoms. The predicted octanol–water partition coefficient (Wildman–Crippen LogP) is 3.42. The number of thiophene rings is 1. The molecule has 0 fully saturated rings. The van der Waals surface area contributed by atoms with E-state index in [4.69, 9.17) is 9.47 Å². The molecule has 0 aliphatic heterocycles. The number of phenols is 1. The van der Waals surface area contributed by atoms with Crippen molar-refractivity contribution in [3.05, 3.63) is 45.6 Å². The molecule has 0 saturated carbocycles. The van der Waals surface area contributed by atoms with Crippen LogP contribution in [0.2, 0.25) is 0 Å². The van der Waals surface area contributed by atoms with E-state index in [9.17, 15) is 9.90 Å². The van der Waals surface area contributed by atoms with Crippen molar-refractivity contribution in [3.8, 4) is 11.5 Å². The van der Waals surface area contributed by atoms with E-state index >= 15 is 0 Å². The number of esters is 1. The second-order valence-corrected chi connectivity index (χ2v) is 4.93. The van der Waals surface area contributed by atoms with Crippen molar-refractivity contribution in [3.63, 3.8) is 0 Å². The fourth-order valence-corrected chi connectivity index (χ4v) is 2.37. The summed E-state index contributed by atoms with van der Waals surface area (Å²) in [6.07, 6.45) is 3.62. The van der Waals surface area contributed by atoms with Gasteiger partial charge in [0.15, 0.2) is 0 Å². The third kappa shape index (κ3) is 3.00. The molecule has 2 rings (SSSR count). The Morgan fingerprint density at radius 3 is 2.70 bits per heavy atom. The van der Waals surface area contributed by atoms with E-state index in [1.807, 2.05) is 23.6 Å². The first-order chi connectivity index (χ1) is 9.65. The largest absolute Gasteiger partial charge is 0.507 e. The summed E-state index contributed by atoms with van der Waals surface area (Å²) >= 11 is 1.58. The number of rotatable bonds is 4. The van der Waals surface area contributed by atoms with Crippen LogP contribution in [0.4, 0.5) is 0 Å². The third-order valence-corrected chi connectivity index (χ3v) is 3.55. The summed E-state index contributed by atoms with van der Waals surface area (Å²) in [6.45, 7) is 0. The Balaban J connectivity index is 2.48. The number of aromatic hydroxyl groups is 1. The number of carbonyl (C=O) groups excluding carboxylic acids is 1. The van der Waals surface area contributed by atoms with Crippen LogP contribution in [0.15, 0.2) is 29.6 Å². The number of ether oxygens (including phenoxy) is 2. The van der Waals surface area contributed by atoms with Gasteiger partial charge in [-0.05, 0) is 29.2 Å². The number of carbonyl (C=O) groups is 1. The van der Waals surface area contributed by atoms with Crippen LogP contribution in [0.25, 0.3) is 12.2 Å². The fraction of sp³-hybridized carbons (Fsp3) is 0.133. The summed E-state index contributed by atoms with van der Waals surface area (Å²) in [4.78, 5) is 12.8. The Morgan fingerprint density at radius 2 is 2.10 bits per heavy atom. The quantitative estimate of drug-likeness (QED) is 0.877. The topological polar surface area (TPSA) is 55.8 Å². The van der Waals surface area contributed by atoms with Gasteiger partial charge in [-0.2, -0.15) is 0 Å². The molecule has 20 heavy (non-hydrogen) atoms. The minimum Gasteiger partial charge on any atom is -0.507 e. The summed E-state index contributed by atoms with van der Waals surface area (Å²) in [6, 6.07) is 6.96. The van der Waals surface area contributed by atoms with Crippen LogP contribution in [0, 0.1) is 0 Å². The molecular weight excluding hydrogens is 276 g/mol. The van der Waals surface area contributed by atoms with Gasteiger partial charge in [0, 0.05) is 10.9 Å². The predicted molar refractivity (Wildman–Crippen MR) is 79.2 cm³/mol. The van der Waals surface area contributed by atoms with Gasteiger partial charge in [0.25, 0.3) is 0 Å². The Bertz CT molecular complexity index is 630. The average Bonchev–Trinajstić information content (AvgIpc) is 2.97. The fourth-order valence-electron chi connectivity index (χ4n) is 1.75. The van der Waals surface area contributed by atoms with Gasteiger partial charge in [-0.1, -0.05) is 12.1 Å². The molecule has 0 aliphatic carbocycles. The Labute approximate surface area is 120 Å². The van der Waals surface area contributed by atoms with Crippen LogP contribution in [-0.2, 0) is 4.74 Å². The zero-order valence-electron chi connectivity index (χ0n) is 11.1. The molecule has 0 saturated heterocycles. The summed E-state index contributed by atoms with van der Waals surface area (Å²) in [5.74, 6) is -0.279. The van der Waals surface area contributed by atoms with Gasteiger partial charge in [0.1, 0.15) is 17.1 Å². The van der Waals surface area contributed by atoms with Crippen molar-refractivity contribution >= 4 is 29.5 Å². The van der Waals surface area contributed by atoms with Crippen molar-refractivity contribution in [2.45, 2.75) is 0 Å². The standard InChI is InChI=1S/C15H14O4S/c1-18-11-8-10(5-6-12-4-3-7-20-12)14(13(16)9-11)15(17)19-2/h3-9,16H,1-2H3/b6-5+. The van der Waals surface area contributed by atoms with E-state index in [1.54, 1.807) is 23.5 Å². The van der Waals surface area contributed by atoms with Crippen LogP contribution in [-0.4, -0.2) is 25.3 Å². The number of hydrogen-bond acceptors (Lipinski definition) is 5. The lowest BCUT2D eigenvalue weighted by molar-refractivity contribution is 0.0597. The van der Waals surface area contributed by atoms with E-state index in [1.165, 1.54) is 20.3 Å². The molecule has 1 aromatic carbocycles. The first kappa shape index (κ1) is 14.1. The molecule has 1 aromatic heterocycles. The van der Waals surface area contributed by atoms with Crippen LogP contribution in [0.1, 0.15) is 20.8 Å². The van der Waals surface area contributed by atoms with Crippen LogP contribution >= 0.6 is 11.3 Å². The number of hydrogen-bond donors (Lipinski definition) is 1. The van der Waals surface area contributed by atoms with Gasteiger partial charge in [-0.3, -0.25) is 0 Å². The SMILES string of the molecule is COC(=O)c1c(O)cc(OC)cc1/C=C/c1cccs1. The van der Waals surface area contributed by atoms with E-state index < -0.39 is 5.97 Å². The molecule has 0 unspecified atom stereocenters. The van der Waals surface area contributed by atoms with Gasteiger partial charge in [-0.25, -0.2) is 4.79 Å². The van der Waals surface area contributed by atoms with Crippen molar-refractivity contribution in [1.82, 2.24) is 0 Å². The molecule has 104 valence electrons. The highest BCUT2D eigenvalue weighted by molar-refractivity contribution is 7.10. The first-order valence-electron chi connectivity index (χ1n) is 5.86. The minimum atomic E-state index is -0.587. The lowest BCUT2D eigenvalue weighted by Gasteiger charge is -2.09. The van der Waals surface area contributed by atoms with Crippen molar-refractivity contribution in [2.24, 2.45) is 0 Å². The van der Waals surface area contributed by atoms with Crippen LogP contribution < -0.4 is 4.74 Å². The minimum absolute atomic E-state index is 0.126. The summed E-state index contributed by atoms with van der Waals surface area (Å²) in [7, 11) is 2.78. The highest BCUT2D eigenvalue weighted by atomic mass is 32.1. The molecular formula is C15H14O4S. The number of methoxy groups -OCH3 is 2. The number of phenolic OH excluding ortho intramolecular Hbond substituents is 1. The highest BCUT2D eigenvalue weighted by Gasteiger charge is 2.17. The molecule has 4 nitrogen and oxygen atoms in total. The lowest BCUT2D eigenvalue weighted by atomic mass is 10.0. The number of benzene rings is 1. The van der Waals surface area contributed by atoms with Gasteiger partial charge in [0.05, 0.1) is 14.2 Å². The molecule has 5 heteroatoms. The van der Waals surface area contributed by atoms with Gasteiger partial charge >= 0.3 is 5.97 Å². The average molecular weight is 290 g/mol. The summed E-state index contributed by atoms with van der Waals surface area (Å²) in [5, 5.41) is 11.9. The molecule has 0 aliphatic rings. The molecule has 0 amide bonds. The van der Waals surface area contributed by atoms with Gasteiger partial charge < -0.3 is 14.6 Å². The lowest BCUT2D eigenvalue weighted by Crippen LogP contribution is -2.04. The zero-order valence-corrected chi connectivity index (χ0v) is 11.9. The van der Waals surface area contributed by atoms with Crippen LogP contribution in [0.5, 0.6) is 11.5 Å². The summed E-state index contributed by atoms with van der Waals surface area (Å²) < 4.78 is 9.79. The van der Waals surface area contributed by atoms with Crippen molar-refractivity contribution in [2.75, 3.05) is 14.2 Å². The Morgan fingerprint density at radius 1 is 1.30 bits per heavy atom. The van der Waals surface area contributed by atoms with Gasteiger partial charge in [0.2, 0.25) is 0 Å². The Kier molecular flexibility index (Phi) is 4.42. The van der Waals surface area contributed by atoms with Crippen molar-refractivity contribution < 1.29 is 19.4 Å². The van der Waals surface area contributed by atoms with Gasteiger partial charge in [-0.15, -0.1) is 11.3 Å². The van der Waals surface area contributed by atoms with Crippen molar-refractivity contribution in [1.29, 1.82) is 0 Å². The van der Waals surface area contributed by atoms with Crippen LogP contribution in [0.3, 0.4) is 0 Å². The van der Waals surface area contributed by atoms with E-state index in [0.29, 0.717) is 11.3 Å². The maximum Gasteiger partial charge on any atom is 0.342 e. The smallest absolute Gasteiger partial charge is 0.342 e. The maximum atomic E-state index is 11.8. The normalized spacial score (nSPS) is 10.7. The third-order valence-electron chi connectivity index (χ3n) is 2.72.